The van der Waals surface area contributed by atoms with Gasteiger partial charge in [-0.05, 0) is 30.8 Å². The number of hydrogen-bond donors (Lipinski definition) is 1. The predicted octanol–water partition coefficient (Wildman–Crippen LogP) is 1.09. The summed E-state index contributed by atoms with van der Waals surface area (Å²) in [5.41, 5.74) is 7.06. The molecule has 1 heterocycles. The number of hydrogen-bond acceptors (Lipinski definition) is 4. The maximum absolute atomic E-state index is 12.1. The number of benzene rings is 1. The van der Waals surface area contributed by atoms with Crippen LogP contribution in [-0.4, -0.2) is 54.9 Å². The Kier molecular flexibility index (Phi) is 4.33. The molecule has 4 heteroatoms. The average Bonchev–Trinajstić information content (AvgIpc) is 2.40. The molecule has 1 fully saturated rings. The van der Waals surface area contributed by atoms with E-state index in [1.807, 2.05) is 0 Å². The van der Waals surface area contributed by atoms with Crippen LogP contribution in [0.25, 0.3) is 0 Å². The number of carbonyl (C=O) groups is 1. The van der Waals surface area contributed by atoms with Crippen LogP contribution in [-0.2, 0) is 0 Å². The molecular weight excluding hydrogens is 226 g/mol. The van der Waals surface area contributed by atoms with E-state index in [4.69, 9.17) is 5.73 Å². The van der Waals surface area contributed by atoms with Crippen LogP contribution in [0, 0.1) is 0 Å². The standard InChI is InChI=1S/C14H21N3O/c1-2-16-7-9-17(10-8-16)11-14(18)12-3-5-13(15)6-4-12/h3-6H,2,7-11,15H2,1H3. The van der Waals surface area contributed by atoms with Crippen molar-refractivity contribution in [3.8, 4) is 0 Å². The fourth-order valence-electron chi connectivity index (χ4n) is 2.23. The van der Waals surface area contributed by atoms with Gasteiger partial charge in [-0.15, -0.1) is 0 Å². The quantitative estimate of drug-likeness (QED) is 0.639. The minimum absolute atomic E-state index is 0.181. The highest BCUT2D eigenvalue weighted by Crippen LogP contribution is 2.08. The Bertz CT molecular complexity index is 394. The van der Waals surface area contributed by atoms with Crippen LogP contribution in [0.5, 0.6) is 0 Å². The third-order valence-corrected chi connectivity index (χ3v) is 3.51. The van der Waals surface area contributed by atoms with Crippen molar-refractivity contribution < 1.29 is 4.79 Å². The summed E-state index contributed by atoms with van der Waals surface area (Å²) >= 11 is 0. The zero-order valence-corrected chi connectivity index (χ0v) is 10.9. The summed E-state index contributed by atoms with van der Waals surface area (Å²) in [5.74, 6) is 0.181. The summed E-state index contributed by atoms with van der Waals surface area (Å²) in [6, 6.07) is 7.17. The van der Waals surface area contributed by atoms with Crippen LogP contribution in [0.2, 0.25) is 0 Å². The molecule has 1 aromatic carbocycles. The summed E-state index contributed by atoms with van der Waals surface area (Å²) < 4.78 is 0. The monoisotopic (exact) mass is 247 g/mol. The van der Waals surface area contributed by atoms with E-state index in [9.17, 15) is 4.79 Å². The first-order valence-corrected chi connectivity index (χ1v) is 6.52. The van der Waals surface area contributed by atoms with Crippen LogP contribution in [0.4, 0.5) is 5.69 Å². The number of Topliss-reactive ketones (excluding diaryl/α,β-unsaturated/α-hetero) is 1. The number of nitrogen functional groups attached to an aromatic ring is 1. The van der Waals surface area contributed by atoms with Crippen molar-refractivity contribution in [1.82, 2.24) is 9.80 Å². The van der Waals surface area contributed by atoms with E-state index in [0.717, 1.165) is 38.3 Å². The number of rotatable bonds is 4. The SMILES string of the molecule is CCN1CCN(CC(=O)c2ccc(N)cc2)CC1. The lowest BCUT2D eigenvalue weighted by molar-refractivity contribution is 0.0859. The Labute approximate surface area is 108 Å². The Morgan fingerprint density at radius 2 is 1.67 bits per heavy atom. The van der Waals surface area contributed by atoms with Gasteiger partial charge in [-0.1, -0.05) is 6.92 Å². The number of nitrogens with two attached hydrogens (primary N) is 1. The molecule has 0 radical (unpaired) electrons. The first kappa shape index (κ1) is 13.1. The van der Waals surface area contributed by atoms with E-state index in [-0.39, 0.29) is 5.78 Å². The van der Waals surface area contributed by atoms with Gasteiger partial charge in [0.2, 0.25) is 0 Å². The molecule has 0 bridgehead atoms. The van der Waals surface area contributed by atoms with Gasteiger partial charge in [0.1, 0.15) is 0 Å². The summed E-state index contributed by atoms with van der Waals surface area (Å²) in [4.78, 5) is 16.7. The van der Waals surface area contributed by atoms with E-state index in [0.29, 0.717) is 12.2 Å². The molecule has 98 valence electrons. The zero-order chi connectivity index (χ0) is 13.0. The van der Waals surface area contributed by atoms with Gasteiger partial charge in [0.05, 0.1) is 6.54 Å². The number of likely N-dealkylation sites (N-methyl/N-ethyl adjacent to an activating group) is 1. The Morgan fingerprint density at radius 3 is 2.22 bits per heavy atom. The van der Waals surface area contributed by atoms with Gasteiger partial charge in [0.25, 0.3) is 0 Å². The molecule has 0 aliphatic carbocycles. The fourth-order valence-corrected chi connectivity index (χ4v) is 2.23. The number of anilines is 1. The number of piperazine rings is 1. The Balaban J connectivity index is 1.86. The van der Waals surface area contributed by atoms with Gasteiger partial charge < -0.3 is 10.6 Å². The maximum atomic E-state index is 12.1. The van der Waals surface area contributed by atoms with Crippen LogP contribution >= 0.6 is 0 Å². The molecule has 2 rings (SSSR count). The molecule has 1 saturated heterocycles. The third-order valence-electron chi connectivity index (χ3n) is 3.51. The molecule has 0 spiro atoms. The molecule has 0 aromatic heterocycles. The maximum Gasteiger partial charge on any atom is 0.176 e. The van der Waals surface area contributed by atoms with E-state index >= 15 is 0 Å². The molecule has 0 amide bonds. The highest BCUT2D eigenvalue weighted by atomic mass is 16.1. The van der Waals surface area contributed by atoms with E-state index in [1.165, 1.54) is 0 Å². The van der Waals surface area contributed by atoms with Crippen LogP contribution in [0.3, 0.4) is 0 Å². The minimum Gasteiger partial charge on any atom is -0.399 e. The predicted molar refractivity (Wildman–Crippen MR) is 73.7 cm³/mol. The van der Waals surface area contributed by atoms with Crippen molar-refractivity contribution in [3.05, 3.63) is 29.8 Å². The largest absolute Gasteiger partial charge is 0.399 e. The molecular formula is C14H21N3O. The topological polar surface area (TPSA) is 49.6 Å². The van der Waals surface area contributed by atoms with Crippen LogP contribution in [0.1, 0.15) is 17.3 Å². The highest BCUT2D eigenvalue weighted by molar-refractivity contribution is 5.97. The number of nitrogens with zero attached hydrogens (tertiary/aromatic N) is 2. The van der Waals surface area contributed by atoms with E-state index < -0.39 is 0 Å². The smallest absolute Gasteiger partial charge is 0.176 e. The average molecular weight is 247 g/mol. The van der Waals surface area contributed by atoms with Gasteiger partial charge in [-0.3, -0.25) is 9.69 Å². The Hall–Kier alpha value is -1.39. The van der Waals surface area contributed by atoms with Crippen molar-refractivity contribution in [1.29, 1.82) is 0 Å². The summed E-state index contributed by atoms with van der Waals surface area (Å²) in [6.45, 7) is 7.87. The molecule has 0 atom stereocenters. The zero-order valence-electron chi connectivity index (χ0n) is 10.9. The molecule has 2 N–H and O–H groups in total. The summed E-state index contributed by atoms with van der Waals surface area (Å²) in [7, 11) is 0. The lowest BCUT2D eigenvalue weighted by Gasteiger charge is -2.33. The second-order valence-corrected chi connectivity index (χ2v) is 4.76. The van der Waals surface area contributed by atoms with Gasteiger partial charge in [-0.25, -0.2) is 0 Å². The van der Waals surface area contributed by atoms with Crippen molar-refractivity contribution in [2.45, 2.75) is 6.92 Å². The van der Waals surface area contributed by atoms with Gasteiger partial charge in [0, 0.05) is 37.4 Å². The Morgan fingerprint density at radius 1 is 1.11 bits per heavy atom. The molecule has 4 nitrogen and oxygen atoms in total. The summed E-state index contributed by atoms with van der Waals surface area (Å²) in [5, 5.41) is 0. The molecule has 1 aliphatic rings. The molecule has 1 aliphatic heterocycles. The van der Waals surface area contributed by atoms with E-state index in [1.54, 1.807) is 24.3 Å². The minimum atomic E-state index is 0.181. The molecule has 0 unspecified atom stereocenters. The third kappa shape index (κ3) is 3.31. The van der Waals surface area contributed by atoms with Crippen molar-refractivity contribution >= 4 is 11.5 Å². The van der Waals surface area contributed by atoms with Crippen LogP contribution < -0.4 is 5.73 Å². The molecule has 18 heavy (non-hydrogen) atoms. The lowest BCUT2D eigenvalue weighted by atomic mass is 10.1. The van der Waals surface area contributed by atoms with Crippen LogP contribution in [0.15, 0.2) is 24.3 Å². The number of carbonyl (C=O) groups excluding carboxylic acids is 1. The van der Waals surface area contributed by atoms with Gasteiger partial charge in [0.15, 0.2) is 5.78 Å². The van der Waals surface area contributed by atoms with Crippen molar-refractivity contribution in [2.24, 2.45) is 0 Å². The first-order chi connectivity index (χ1) is 8.69. The molecule has 1 aromatic rings. The summed E-state index contributed by atoms with van der Waals surface area (Å²) in [6.07, 6.45) is 0. The second-order valence-electron chi connectivity index (χ2n) is 4.76. The van der Waals surface area contributed by atoms with Gasteiger partial charge in [-0.2, -0.15) is 0 Å². The number of ketones is 1. The second kappa shape index (κ2) is 5.98. The van der Waals surface area contributed by atoms with Crippen molar-refractivity contribution in [3.63, 3.8) is 0 Å². The normalized spacial score (nSPS) is 17.8. The van der Waals surface area contributed by atoms with E-state index in [2.05, 4.69) is 16.7 Å². The highest BCUT2D eigenvalue weighted by Gasteiger charge is 2.18. The molecule has 0 saturated carbocycles. The lowest BCUT2D eigenvalue weighted by Crippen LogP contribution is -2.47. The fraction of sp³-hybridized carbons (Fsp3) is 0.500. The first-order valence-electron chi connectivity index (χ1n) is 6.52. The van der Waals surface area contributed by atoms with Gasteiger partial charge >= 0.3 is 0 Å². The van der Waals surface area contributed by atoms with Crippen molar-refractivity contribution in [2.75, 3.05) is 45.0 Å².